The van der Waals surface area contributed by atoms with Crippen molar-refractivity contribution in [3.05, 3.63) is 58.9 Å². The van der Waals surface area contributed by atoms with E-state index in [4.69, 9.17) is 0 Å². The van der Waals surface area contributed by atoms with Crippen LogP contribution in [0.15, 0.2) is 36.4 Å². The van der Waals surface area contributed by atoms with Gasteiger partial charge in [-0.15, -0.1) is 0 Å². The normalized spacial score (nSPS) is 11.6. The maximum absolute atomic E-state index is 12.6. The summed E-state index contributed by atoms with van der Waals surface area (Å²) in [6.07, 6.45) is -4.52. The second-order valence-corrected chi connectivity index (χ2v) is 5.52. The van der Waals surface area contributed by atoms with Gasteiger partial charge in [0.25, 0.3) is 5.91 Å². The van der Waals surface area contributed by atoms with Gasteiger partial charge < -0.3 is 5.32 Å². The molecule has 0 aliphatic heterocycles. The zero-order valence-corrected chi connectivity index (χ0v) is 13.0. The Balaban J connectivity index is 2.29. The summed E-state index contributed by atoms with van der Waals surface area (Å²) in [6.45, 7) is 5.38. The summed E-state index contributed by atoms with van der Waals surface area (Å²) in [5, 5.41) is 2.75. The maximum atomic E-state index is 12.6. The lowest BCUT2D eigenvalue weighted by atomic mass is 10.0. The van der Waals surface area contributed by atoms with E-state index in [-0.39, 0.29) is 17.2 Å². The molecule has 0 aliphatic rings. The van der Waals surface area contributed by atoms with E-state index in [0.717, 1.165) is 17.7 Å². The van der Waals surface area contributed by atoms with Crippen LogP contribution >= 0.6 is 0 Å². The van der Waals surface area contributed by atoms with Crippen LogP contribution in [0.1, 0.15) is 47.1 Å². The molecule has 6 heteroatoms. The molecule has 1 aromatic carbocycles. The lowest BCUT2D eigenvalue weighted by molar-refractivity contribution is -0.141. The van der Waals surface area contributed by atoms with Gasteiger partial charge in [-0.1, -0.05) is 32.0 Å². The van der Waals surface area contributed by atoms with Crippen molar-refractivity contribution in [2.75, 3.05) is 5.32 Å². The van der Waals surface area contributed by atoms with Crippen molar-refractivity contribution in [3.8, 4) is 0 Å². The zero-order chi connectivity index (χ0) is 17.2. The van der Waals surface area contributed by atoms with Crippen LogP contribution in [0.4, 0.5) is 18.9 Å². The largest absolute Gasteiger partial charge is 0.433 e. The molecule has 0 spiro atoms. The predicted octanol–water partition coefficient (Wildman–Crippen LogP) is 4.78. The number of carbonyl (C=O) groups is 1. The van der Waals surface area contributed by atoms with E-state index in [1.807, 2.05) is 26.0 Å². The van der Waals surface area contributed by atoms with Crippen molar-refractivity contribution in [3.63, 3.8) is 0 Å². The van der Waals surface area contributed by atoms with Gasteiger partial charge in [-0.05, 0) is 36.6 Å². The Hall–Kier alpha value is -2.37. The van der Waals surface area contributed by atoms with Crippen LogP contribution in [0, 0.1) is 6.92 Å². The molecule has 0 unspecified atom stereocenters. The molecule has 2 aromatic rings. The standard InChI is InChI=1S/C17H17F3N2O/c1-10(2)12-6-4-5-7-14(12)22-16(23)13-8-9-15(17(18,19)20)21-11(13)3/h4-10H,1-3H3,(H,22,23). The molecule has 0 saturated carbocycles. The minimum absolute atomic E-state index is 0.0411. The van der Waals surface area contributed by atoms with E-state index in [2.05, 4.69) is 10.3 Å². The fourth-order valence-corrected chi connectivity index (χ4v) is 2.26. The smallest absolute Gasteiger partial charge is 0.322 e. The first kappa shape index (κ1) is 17.0. The number of amides is 1. The number of hydrogen-bond donors (Lipinski definition) is 1. The third-order valence-electron chi connectivity index (χ3n) is 3.45. The first-order chi connectivity index (χ1) is 10.7. The number of para-hydroxylation sites is 1. The monoisotopic (exact) mass is 322 g/mol. The van der Waals surface area contributed by atoms with E-state index >= 15 is 0 Å². The Kier molecular flexibility index (Phi) is 4.73. The summed E-state index contributed by atoms with van der Waals surface area (Å²) in [7, 11) is 0. The number of benzene rings is 1. The third-order valence-corrected chi connectivity index (χ3v) is 3.45. The van der Waals surface area contributed by atoms with Crippen LogP contribution in [-0.4, -0.2) is 10.9 Å². The van der Waals surface area contributed by atoms with E-state index in [1.165, 1.54) is 6.92 Å². The molecule has 122 valence electrons. The molecule has 1 heterocycles. The highest BCUT2D eigenvalue weighted by atomic mass is 19.4. The lowest BCUT2D eigenvalue weighted by Crippen LogP contribution is -2.17. The first-order valence-corrected chi connectivity index (χ1v) is 7.15. The van der Waals surface area contributed by atoms with Gasteiger partial charge in [-0.2, -0.15) is 13.2 Å². The number of nitrogens with zero attached hydrogens (tertiary/aromatic N) is 1. The Morgan fingerprint density at radius 3 is 2.35 bits per heavy atom. The van der Waals surface area contributed by atoms with Crippen molar-refractivity contribution in [1.29, 1.82) is 0 Å². The van der Waals surface area contributed by atoms with Gasteiger partial charge >= 0.3 is 6.18 Å². The number of halogens is 3. The number of hydrogen-bond acceptors (Lipinski definition) is 2. The highest BCUT2D eigenvalue weighted by molar-refractivity contribution is 6.05. The average molecular weight is 322 g/mol. The average Bonchev–Trinajstić information content (AvgIpc) is 2.46. The Labute approximate surface area is 132 Å². The fourth-order valence-electron chi connectivity index (χ4n) is 2.26. The number of aromatic nitrogens is 1. The summed E-state index contributed by atoms with van der Waals surface area (Å²) >= 11 is 0. The van der Waals surface area contributed by atoms with Gasteiger partial charge in [0.05, 0.1) is 11.3 Å². The topological polar surface area (TPSA) is 42.0 Å². The van der Waals surface area contributed by atoms with Crippen molar-refractivity contribution >= 4 is 11.6 Å². The fraction of sp³-hybridized carbons (Fsp3) is 0.294. The second kappa shape index (κ2) is 6.40. The summed E-state index contributed by atoms with van der Waals surface area (Å²) in [6, 6.07) is 9.29. The highest BCUT2D eigenvalue weighted by Crippen LogP contribution is 2.29. The van der Waals surface area contributed by atoms with Crippen LogP contribution in [0.5, 0.6) is 0 Å². The van der Waals surface area contributed by atoms with E-state index in [1.54, 1.807) is 12.1 Å². The SMILES string of the molecule is Cc1nc(C(F)(F)F)ccc1C(=O)Nc1ccccc1C(C)C. The summed E-state index contributed by atoms with van der Waals surface area (Å²) in [4.78, 5) is 15.8. The van der Waals surface area contributed by atoms with E-state index in [9.17, 15) is 18.0 Å². The van der Waals surface area contributed by atoms with Gasteiger partial charge in [0, 0.05) is 5.69 Å². The first-order valence-electron chi connectivity index (χ1n) is 7.15. The second-order valence-electron chi connectivity index (χ2n) is 5.52. The Bertz CT molecular complexity index is 724. The highest BCUT2D eigenvalue weighted by Gasteiger charge is 2.33. The van der Waals surface area contributed by atoms with E-state index in [0.29, 0.717) is 5.69 Å². The molecule has 0 bridgehead atoms. The predicted molar refractivity (Wildman–Crippen MR) is 82.5 cm³/mol. The van der Waals surface area contributed by atoms with Crippen molar-refractivity contribution < 1.29 is 18.0 Å². The lowest BCUT2D eigenvalue weighted by Gasteiger charge is -2.15. The minimum atomic E-state index is -4.52. The molecule has 23 heavy (non-hydrogen) atoms. The third kappa shape index (κ3) is 3.88. The quantitative estimate of drug-likeness (QED) is 0.883. The number of alkyl halides is 3. The van der Waals surface area contributed by atoms with Crippen LogP contribution in [0.2, 0.25) is 0 Å². The molecule has 3 nitrogen and oxygen atoms in total. The van der Waals surface area contributed by atoms with Crippen LogP contribution in [-0.2, 0) is 6.18 Å². The molecule has 1 aromatic heterocycles. The van der Waals surface area contributed by atoms with Crippen molar-refractivity contribution in [2.24, 2.45) is 0 Å². The number of aryl methyl sites for hydroxylation is 1. The van der Waals surface area contributed by atoms with E-state index < -0.39 is 17.8 Å². The van der Waals surface area contributed by atoms with Gasteiger partial charge in [-0.3, -0.25) is 4.79 Å². The summed E-state index contributed by atoms with van der Waals surface area (Å²) in [5.41, 5.74) is 0.759. The number of carbonyl (C=O) groups excluding carboxylic acids is 1. The molecule has 1 N–H and O–H groups in total. The molecular weight excluding hydrogens is 305 g/mol. The van der Waals surface area contributed by atoms with Crippen molar-refractivity contribution in [1.82, 2.24) is 4.98 Å². The molecule has 0 saturated heterocycles. The molecule has 1 amide bonds. The minimum Gasteiger partial charge on any atom is -0.322 e. The van der Waals surface area contributed by atoms with Gasteiger partial charge in [0.15, 0.2) is 0 Å². The van der Waals surface area contributed by atoms with Gasteiger partial charge in [-0.25, -0.2) is 4.98 Å². The van der Waals surface area contributed by atoms with Gasteiger partial charge in [0.2, 0.25) is 0 Å². The molecule has 2 rings (SSSR count). The van der Waals surface area contributed by atoms with Crippen molar-refractivity contribution in [2.45, 2.75) is 32.9 Å². The number of anilines is 1. The molecule has 0 fully saturated rings. The summed E-state index contributed by atoms with van der Waals surface area (Å²) in [5.74, 6) is -0.268. The molecular formula is C17H17F3N2O. The molecule has 0 radical (unpaired) electrons. The number of nitrogens with one attached hydrogen (secondary N) is 1. The summed E-state index contributed by atoms with van der Waals surface area (Å²) < 4.78 is 37.9. The number of pyridine rings is 1. The maximum Gasteiger partial charge on any atom is 0.433 e. The van der Waals surface area contributed by atoms with Crippen LogP contribution < -0.4 is 5.32 Å². The number of rotatable bonds is 3. The molecule has 0 atom stereocenters. The molecule has 0 aliphatic carbocycles. The Morgan fingerprint density at radius 2 is 1.78 bits per heavy atom. The van der Waals surface area contributed by atoms with Crippen LogP contribution in [0.25, 0.3) is 0 Å². The Morgan fingerprint density at radius 1 is 1.13 bits per heavy atom. The van der Waals surface area contributed by atoms with Gasteiger partial charge in [0.1, 0.15) is 5.69 Å². The van der Waals surface area contributed by atoms with Crippen LogP contribution in [0.3, 0.4) is 0 Å². The zero-order valence-electron chi connectivity index (χ0n) is 13.0.